The minimum absolute atomic E-state index is 0.115. The van der Waals surface area contributed by atoms with E-state index < -0.39 is 11.6 Å². The number of hydrogen-bond donors (Lipinski definition) is 1. The fourth-order valence-corrected chi connectivity index (χ4v) is 2.42. The Labute approximate surface area is 106 Å². The molecule has 18 heavy (non-hydrogen) atoms. The second-order valence-electron chi connectivity index (χ2n) is 4.77. The average molecular weight is 255 g/mol. The van der Waals surface area contributed by atoms with E-state index in [9.17, 15) is 8.78 Å². The van der Waals surface area contributed by atoms with Gasteiger partial charge in [-0.05, 0) is 44.4 Å². The molecule has 2 unspecified atom stereocenters. The summed E-state index contributed by atoms with van der Waals surface area (Å²) in [6.45, 7) is 0.815. The van der Waals surface area contributed by atoms with Crippen LogP contribution >= 0.6 is 0 Å². The minimum atomic E-state index is -0.778. The predicted octanol–water partition coefficient (Wildman–Crippen LogP) is 2.66. The van der Waals surface area contributed by atoms with E-state index in [4.69, 9.17) is 4.74 Å². The van der Waals surface area contributed by atoms with Crippen molar-refractivity contribution < 1.29 is 13.5 Å². The Kier molecular flexibility index (Phi) is 4.66. The Balaban J connectivity index is 1.98. The number of hydrogen-bond acceptors (Lipinski definition) is 2. The Morgan fingerprint density at radius 3 is 2.94 bits per heavy atom. The summed E-state index contributed by atoms with van der Waals surface area (Å²) in [5.74, 6) is -1.51. The summed E-state index contributed by atoms with van der Waals surface area (Å²) in [4.78, 5) is 0. The zero-order chi connectivity index (χ0) is 13.0. The maximum Gasteiger partial charge on any atom is 0.162 e. The van der Waals surface area contributed by atoms with Gasteiger partial charge >= 0.3 is 0 Å². The highest BCUT2D eigenvalue weighted by Gasteiger charge is 2.21. The molecular weight excluding hydrogens is 236 g/mol. The SMILES string of the molecule is CNC(Cc1cccc(F)c1F)CC1CCCO1. The third-order valence-corrected chi connectivity index (χ3v) is 3.48. The molecule has 2 nitrogen and oxygen atoms in total. The lowest BCUT2D eigenvalue weighted by Crippen LogP contribution is -2.32. The zero-order valence-electron chi connectivity index (χ0n) is 10.6. The van der Waals surface area contributed by atoms with Crippen molar-refractivity contribution in [3.8, 4) is 0 Å². The van der Waals surface area contributed by atoms with Crippen LogP contribution in [0.2, 0.25) is 0 Å². The topological polar surface area (TPSA) is 21.3 Å². The molecule has 0 radical (unpaired) electrons. The van der Waals surface area contributed by atoms with Gasteiger partial charge in [0.25, 0.3) is 0 Å². The molecule has 1 fully saturated rings. The summed E-state index contributed by atoms with van der Waals surface area (Å²) >= 11 is 0. The predicted molar refractivity (Wildman–Crippen MR) is 66.5 cm³/mol. The summed E-state index contributed by atoms with van der Waals surface area (Å²) in [5, 5.41) is 3.15. The van der Waals surface area contributed by atoms with Crippen molar-refractivity contribution in [2.24, 2.45) is 0 Å². The lowest BCUT2D eigenvalue weighted by Gasteiger charge is -2.20. The molecule has 100 valence electrons. The number of rotatable bonds is 5. The van der Waals surface area contributed by atoms with Crippen LogP contribution in [0.5, 0.6) is 0 Å². The fraction of sp³-hybridized carbons (Fsp3) is 0.571. The van der Waals surface area contributed by atoms with Crippen LogP contribution in [0, 0.1) is 11.6 Å². The van der Waals surface area contributed by atoms with Gasteiger partial charge in [-0.25, -0.2) is 8.78 Å². The molecule has 1 aliphatic heterocycles. The molecule has 0 bridgehead atoms. The van der Waals surface area contributed by atoms with Gasteiger partial charge in [-0.3, -0.25) is 0 Å². The number of benzene rings is 1. The molecule has 0 aliphatic carbocycles. The van der Waals surface area contributed by atoms with Crippen molar-refractivity contribution in [3.05, 3.63) is 35.4 Å². The van der Waals surface area contributed by atoms with E-state index >= 15 is 0 Å². The smallest absolute Gasteiger partial charge is 0.162 e. The largest absolute Gasteiger partial charge is 0.378 e. The van der Waals surface area contributed by atoms with Gasteiger partial charge in [0.05, 0.1) is 6.10 Å². The highest BCUT2D eigenvalue weighted by Crippen LogP contribution is 2.20. The van der Waals surface area contributed by atoms with E-state index in [0.717, 1.165) is 31.9 Å². The summed E-state index contributed by atoms with van der Waals surface area (Å²) in [5.41, 5.74) is 0.423. The molecule has 0 saturated carbocycles. The monoisotopic (exact) mass is 255 g/mol. The first-order valence-corrected chi connectivity index (χ1v) is 6.42. The van der Waals surface area contributed by atoms with Crippen LogP contribution in [-0.4, -0.2) is 25.8 Å². The quantitative estimate of drug-likeness (QED) is 0.873. The molecule has 2 rings (SSSR count). The highest BCUT2D eigenvalue weighted by molar-refractivity contribution is 5.20. The van der Waals surface area contributed by atoms with Gasteiger partial charge in [-0.2, -0.15) is 0 Å². The average Bonchev–Trinajstić information content (AvgIpc) is 2.86. The van der Waals surface area contributed by atoms with Crippen LogP contribution in [0.3, 0.4) is 0 Å². The third kappa shape index (κ3) is 3.27. The highest BCUT2D eigenvalue weighted by atomic mass is 19.2. The van der Waals surface area contributed by atoms with Gasteiger partial charge in [-0.15, -0.1) is 0 Å². The Morgan fingerprint density at radius 1 is 1.44 bits per heavy atom. The molecule has 1 aromatic carbocycles. The lowest BCUT2D eigenvalue weighted by molar-refractivity contribution is 0.0953. The first-order valence-electron chi connectivity index (χ1n) is 6.42. The van der Waals surface area contributed by atoms with Crippen LogP contribution < -0.4 is 5.32 Å². The summed E-state index contributed by atoms with van der Waals surface area (Å²) in [7, 11) is 1.84. The van der Waals surface area contributed by atoms with Crippen molar-refractivity contribution >= 4 is 0 Å². The van der Waals surface area contributed by atoms with Crippen LogP contribution in [0.1, 0.15) is 24.8 Å². The zero-order valence-corrected chi connectivity index (χ0v) is 10.6. The second kappa shape index (κ2) is 6.25. The van der Waals surface area contributed by atoms with Crippen LogP contribution in [-0.2, 0) is 11.2 Å². The van der Waals surface area contributed by atoms with E-state index in [1.165, 1.54) is 0 Å². The minimum Gasteiger partial charge on any atom is -0.378 e. The Morgan fingerprint density at radius 2 is 2.28 bits per heavy atom. The molecular formula is C14H19F2NO. The molecule has 0 spiro atoms. The Bertz CT molecular complexity index is 391. The second-order valence-corrected chi connectivity index (χ2v) is 4.77. The summed E-state index contributed by atoms with van der Waals surface area (Å²) in [6, 6.07) is 4.45. The lowest BCUT2D eigenvalue weighted by atomic mass is 9.99. The molecule has 1 heterocycles. The van der Waals surface area contributed by atoms with Gasteiger partial charge in [0.15, 0.2) is 11.6 Å². The molecule has 2 atom stereocenters. The summed E-state index contributed by atoms with van der Waals surface area (Å²) < 4.78 is 32.3. The van der Waals surface area contributed by atoms with Gasteiger partial charge in [-0.1, -0.05) is 12.1 Å². The summed E-state index contributed by atoms with van der Waals surface area (Å²) in [6.07, 6.45) is 3.73. The van der Waals surface area contributed by atoms with Crippen LogP contribution in [0.4, 0.5) is 8.78 Å². The first kappa shape index (κ1) is 13.4. The van der Waals surface area contributed by atoms with E-state index in [-0.39, 0.29) is 12.1 Å². The maximum absolute atomic E-state index is 13.6. The van der Waals surface area contributed by atoms with Gasteiger partial charge in [0, 0.05) is 12.6 Å². The van der Waals surface area contributed by atoms with Gasteiger partial charge in [0.1, 0.15) is 0 Å². The fourth-order valence-electron chi connectivity index (χ4n) is 2.42. The molecule has 0 aromatic heterocycles. The van der Waals surface area contributed by atoms with Crippen LogP contribution in [0.15, 0.2) is 18.2 Å². The van der Waals surface area contributed by atoms with E-state index in [1.807, 2.05) is 7.05 Å². The van der Waals surface area contributed by atoms with E-state index in [2.05, 4.69) is 5.32 Å². The first-order chi connectivity index (χ1) is 8.70. The molecule has 0 amide bonds. The van der Waals surface area contributed by atoms with E-state index in [0.29, 0.717) is 12.0 Å². The normalized spacial score (nSPS) is 21.2. The van der Waals surface area contributed by atoms with Gasteiger partial charge < -0.3 is 10.1 Å². The number of likely N-dealkylation sites (N-methyl/N-ethyl adjacent to an activating group) is 1. The van der Waals surface area contributed by atoms with E-state index in [1.54, 1.807) is 12.1 Å². The third-order valence-electron chi connectivity index (χ3n) is 3.48. The van der Waals surface area contributed by atoms with Crippen molar-refractivity contribution in [1.82, 2.24) is 5.32 Å². The Hall–Kier alpha value is -1.00. The molecule has 1 saturated heterocycles. The van der Waals surface area contributed by atoms with Crippen molar-refractivity contribution in [3.63, 3.8) is 0 Å². The van der Waals surface area contributed by atoms with Crippen LogP contribution in [0.25, 0.3) is 0 Å². The molecule has 4 heteroatoms. The molecule has 1 aromatic rings. The van der Waals surface area contributed by atoms with Gasteiger partial charge in [0.2, 0.25) is 0 Å². The van der Waals surface area contributed by atoms with Crippen molar-refractivity contribution in [2.45, 2.75) is 37.8 Å². The maximum atomic E-state index is 13.6. The number of halogens is 2. The van der Waals surface area contributed by atoms with Crippen molar-refractivity contribution in [2.75, 3.05) is 13.7 Å². The number of ether oxygens (including phenoxy) is 1. The number of nitrogens with one attached hydrogen (secondary N) is 1. The molecule has 1 N–H and O–H groups in total. The standard InChI is InChI=1S/C14H19F2NO/c1-17-11(9-12-5-3-7-18-12)8-10-4-2-6-13(15)14(10)16/h2,4,6,11-12,17H,3,5,7-9H2,1H3. The van der Waals surface area contributed by atoms with Crippen molar-refractivity contribution in [1.29, 1.82) is 0 Å². The molecule has 1 aliphatic rings.